The first kappa shape index (κ1) is 9.96. The number of rotatable bonds is 5. The van der Waals surface area contributed by atoms with Crippen molar-refractivity contribution in [3.8, 4) is 0 Å². The smallest absolute Gasteiger partial charge is 0.0431 e. The van der Waals surface area contributed by atoms with E-state index in [1.165, 1.54) is 32.4 Å². The van der Waals surface area contributed by atoms with Gasteiger partial charge in [-0.05, 0) is 25.7 Å². The van der Waals surface area contributed by atoms with Crippen LogP contribution < -0.4 is 5.43 Å². The number of hydrogen-bond donors (Lipinski definition) is 2. The summed E-state index contributed by atoms with van der Waals surface area (Å²) in [5, 5.41) is 10.9. The molecule has 1 rings (SSSR count). The van der Waals surface area contributed by atoms with Crippen LogP contribution in [0, 0.1) is 0 Å². The molecule has 2 N–H and O–H groups in total. The molecule has 3 nitrogen and oxygen atoms in total. The maximum absolute atomic E-state index is 8.56. The van der Waals surface area contributed by atoms with Crippen molar-refractivity contribution >= 4 is 0 Å². The van der Waals surface area contributed by atoms with Gasteiger partial charge in [-0.3, -0.25) is 5.43 Å². The summed E-state index contributed by atoms with van der Waals surface area (Å²) < 4.78 is 0. The monoisotopic (exact) mass is 172 g/mol. The first-order valence-electron chi connectivity index (χ1n) is 5.03. The molecule has 0 aliphatic carbocycles. The molecule has 0 amide bonds. The van der Waals surface area contributed by atoms with Crippen LogP contribution in [0.3, 0.4) is 0 Å². The summed E-state index contributed by atoms with van der Waals surface area (Å²) in [7, 11) is 0. The van der Waals surface area contributed by atoms with Crippen LogP contribution in [-0.4, -0.2) is 36.4 Å². The first-order chi connectivity index (χ1) is 5.93. The van der Waals surface area contributed by atoms with Crippen molar-refractivity contribution in [2.24, 2.45) is 0 Å². The molecule has 1 aliphatic heterocycles. The van der Waals surface area contributed by atoms with Crippen molar-refractivity contribution in [2.45, 2.75) is 32.1 Å². The van der Waals surface area contributed by atoms with E-state index >= 15 is 0 Å². The lowest BCUT2D eigenvalue weighted by molar-refractivity contribution is 0.151. The van der Waals surface area contributed by atoms with Crippen molar-refractivity contribution in [1.82, 2.24) is 10.4 Å². The highest BCUT2D eigenvalue weighted by Gasteiger charge is 2.07. The predicted octanol–water partition coefficient (Wildman–Crippen LogP) is 0.749. The van der Waals surface area contributed by atoms with Gasteiger partial charge in [0.2, 0.25) is 0 Å². The Hall–Kier alpha value is -0.120. The minimum absolute atomic E-state index is 0.321. The fourth-order valence-corrected chi connectivity index (χ4v) is 1.53. The summed E-state index contributed by atoms with van der Waals surface area (Å²) in [6, 6.07) is 0. The molecule has 0 unspecified atom stereocenters. The Bertz CT molecular complexity index is 103. The quantitative estimate of drug-likeness (QED) is 0.601. The minimum Gasteiger partial charge on any atom is -0.396 e. The molecule has 0 spiro atoms. The zero-order valence-electron chi connectivity index (χ0n) is 7.76. The third-order valence-corrected chi connectivity index (χ3v) is 2.28. The Balaban J connectivity index is 1.91. The molecule has 0 bridgehead atoms. The van der Waals surface area contributed by atoms with Crippen LogP contribution in [0.1, 0.15) is 32.1 Å². The maximum atomic E-state index is 8.56. The SMILES string of the molecule is OCCCCNN1CCCCC1. The van der Waals surface area contributed by atoms with E-state index in [4.69, 9.17) is 5.11 Å². The fourth-order valence-electron chi connectivity index (χ4n) is 1.53. The van der Waals surface area contributed by atoms with Gasteiger partial charge in [0.1, 0.15) is 0 Å². The second-order valence-corrected chi connectivity index (χ2v) is 3.39. The number of unbranched alkanes of at least 4 members (excludes halogenated alkanes) is 1. The number of hydrazine groups is 1. The second kappa shape index (κ2) is 6.40. The van der Waals surface area contributed by atoms with Gasteiger partial charge < -0.3 is 5.11 Å². The molecule has 3 heteroatoms. The highest BCUT2D eigenvalue weighted by atomic mass is 16.2. The van der Waals surface area contributed by atoms with Gasteiger partial charge >= 0.3 is 0 Å². The molecule has 0 radical (unpaired) electrons. The average molecular weight is 172 g/mol. The lowest BCUT2D eigenvalue weighted by atomic mass is 10.2. The summed E-state index contributed by atoms with van der Waals surface area (Å²) in [4.78, 5) is 0. The van der Waals surface area contributed by atoms with E-state index in [1.807, 2.05) is 0 Å². The number of nitrogens with zero attached hydrogens (tertiary/aromatic N) is 1. The molecule has 72 valence electrons. The van der Waals surface area contributed by atoms with Gasteiger partial charge in [0, 0.05) is 26.2 Å². The van der Waals surface area contributed by atoms with E-state index in [9.17, 15) is 0 Å². The van der Waals surface area contributed by atoms with Crippen LogP contribution in [-0.2, 0) is 0 Å². The summed E-state index contributed by atoms with van der Waals surface area (Å²) in [6.07, 6.45) is 6.03. The molecule has 1 saturated heterocycles. The van der Waals surface area contributed by atoms with E-state index in [0.717, 1.165) is 19.4 Å². The lowest BCUT2D eigenvalue weighted by Gasteiger charge is -2.26. The Morgan fingerprint density at radius 3 is 2.50 bits per heavy atom. The topological polar surface area (TPSA) is 35.5 Å². The minimum atomic E-state index is 0.321. The van der Waals surface area contributed by atoms with Crippen molar-refractivity contribution in [3.63, 3.8) is 0 Å². The predicted molar refractivity (Wildman–Crippen MR) is 49.7 cm³/mol. The largest absolute Gasteiger partial charge is 0.396 e. The van der Waals surface area contributed by atoms with Gasteiger partial charge in [-0.25, -0.2) is 5.01 Å². The third-order valence-electron chi connectivity index (χ3n) is 2.28. The Kier molecular flexibility index (Phi) is 5.32. The van der Waals surface area contributed by atoms with E-state index in [2.05, 4.69) is 10.4 Å². The summed E-state index contributed by atoms with van der Waals surface area (Å²) in [5.74, 6) is 0. The summed E-state index contributed by atoms with van der Waals surface area (Å²) in [5.41, 5.74) is 3.38. The van der Waals surface area contributed by atoms with Crippen molar-refractivity contribution < 1.29 is 5.11 Å². The van der Waals surface area contributed by atoms with Gasteiger partial charge in [0.05, 0.1) is 0 Å². The summed E-state index contributed by atoms with van der Waals surface area (Å²) in [6.45, 7) is 3.72. The molecule has 1 heterocycles. The van der Waals surface area contributed by atoms with Crippen LogP contribution in [0.5, 0.6) is 0 Å². The Morgan fingerprint density at radius 1 is 1.08 bits per heavy atom. The van der Waals surface area contributed by atoms with Crippen LogP contribution in [0.25, 0.3) is 0 Å². The van der Waals surface area contributed by atoms with Gasteiger partial charge in [-0.2, -0.15) is 0 Å². The standard InChI is InChI=1S/C9H20N2O/c12-9-5-2-6-10-11-7-3-1-4-8-11/h10,12H,1-9H2. The molecular weight excluding hydrogens is 152 g/mol. The van der Waals surface area contributed by atoms with Crippen molar-refractivity contribution in [3.05, 3.63) is 0 Å². The fraction of sp³-hybridized carbons (Fsp3) is 1.00. The molecule has 1 fully saturated rings. The maximum Gasteiger partial charge on any atom is 0.0431 e. The molecular formula is C9H20N2O. The highest BCUT2D eigenvalue weighted by molar-refractivity contribution is 4.60. The van der Waals surface area contributed by atoms with Gasteiger partial charge in [0.25, 0.3) is 0 Å². The molecule has 0 saturated carbocycles. The van der Waals surface area contributed by atoms with E-state index in [0.29, 0.717) is 6.61 Å². The number of piperidine rings is 1. The molecule has 0 aromatic rings. The van der Waals surface area contributed by atoms with Crippen LogP contribution in [0.2, 0.25) is 0 Å². The lowest BCUT2D eigenvalue weighted by Crippen LogP contribution is -2.42. The second-order valence-electron chi connectivity index (χ2n) is 3.39. The molecule has 1 aliphatic rings. The third kappa shape index (κ3) is 4.04. The molecule has 12 heavy (non-hydrogen) atoms. The van der Waals surface area contributed by atoms with Gasteiger partial charge in [-0.1, -0.05) is 6.42 Å². The number of nitrogens with one attached hydrogen (secondary N) is 1. The molecule has 0 aromatic heterocycles. The van der Waals surface area contributed by atoms with Crippen LogP contribution in [0.15, 0.2) is 0 Å². The number of aliphatic hydroxyl groups is 1. The van der Waals surface area contributed by atoms with Gasteiger partial charge in [-0.15, -0.1) is 0 Å². The summed E-state index contributed by atoms with van der Waals surface area (Å²) >= 11 is 0. The molecule has 0 aromatic carbocycles. The van der Waals surface area contributed by atoms with Crippen molar-refractivity contribution in [2.75, 3.05) is 26.2 Å². The van der Waals surface area contributed by atoms with Crippen molar-refractivity contribution in [1.29, 1.82) is 0 Å². The zero-order valence-corrected chi connectivity index (χ0v) is 7.76. The normalized spacial score (nSPS) is 19.8. The van der Waals surface area contributed by atoms with Crippen LogP contribution in [0.4, 0.5) is 0 Å². The van der Waals surface area contributed by atoms with E-state index in [-0.39, 0.29) is 0 Å². The number of hydrogen-bond acceptors (Lipinski definition) is 3. The van der Waals surface area contributed by atoms with E-state index < -0.39 is 0 Å². The van der Waals surface area contributed by atoms with Crippen LogP contribution >= 0.6 is 0 Å². The van der Waals surface area contributed by atoms with Gasteiger partial charge in [0.15, 0.2) is 0 Å². The highest BCUT2D eigenvalue weighted by Crippen LogP contribution is 2.05. The first-order valence-corrected chi connectivity index (χ1v) is 5.03. The van der Waals surface area contributed by atoms with E-state index in [1.54, 1.807) is 0 Å². The number of aliphatic hydroxyl groups excluding tert-OH is 1. The molecule has 0 atom stereocenters. The Labute approximate surface area is 74.7 Å². The zero-order chi connectivity index (χ0) is 8.65. The Morgan fingerprint density at radius 2 is 1.83 bits per heavy atom. The average Bonchev–Trinajstić information content (AvgIpc) is 2.14.